The highest BCUT2D eigenvalue weighted by Crippen LogP contribution is 2.36. The molecular weight excluding hydrogens is 323 g/mol. The van der Waals surface area contributed by atoms with E-state index in [1.165, 1.54) is 4.90 Å². The largest absolute Gasteiger partial charge is 0.369 e. The molecule has 1 aromatic rings. The number of carbonyl (C=O) groups excluding carboxylic acids is 1. The first kappa shape index (κ1) is 16.8. The molecule has 0 unspecified atom stereocenters. The van der Waals surface area contributed by atoms with Gasteiger partial charge in [0.15, 0.2) is 0 Å². The molecule has 1 heterocycles. The van der Waals surface area contributed by atoms with Crippen LogP contribution >= 0.6 is 23.2 Å². The molecule has 1 aromatic carbocycles. The van der Waals surface area contributed by atoms with Crippen molar-refractivity contribution in [2.45, 2.75) is 18.9 Å². The number of hydrogen-bond acceptors (Lipinski definition) is 3. The third-order valence-corrected chi connectivity index (χ3v) is 4.20. The van der Waals surface area contributed by atoms with Crippen LogP contribution in [0.3, 0.4) is 0 Å². The number of rotatable bonds is 2. The normalized spacial score (nSPS) is 22.2. The van der Waals surface area contributed by atoms with Crippen LogP contribution in [0.25, 0.3) is 0 Å². The van der Waals surface area contributed by atoms with Crippen molar-refractivity contribution >= 4 is 41.4 Å². The average Bonchev–Trinajstić information content (AvgIpc) is 2.44. The van der Waals surface area contributed by atoms with Gasteiger partial charge in [-0.15, -0.1) is 0 Å². The van der Waals surface area contributed by atoms with Crippen LogP contribution in [0, 0.1) is 0 Å². The molecule has 0 saturated heterocycles. The first-order chi connectivity index (χ1) is 10.2. The van der Waals surface area contributed by atoms with Gasteiger partial charge in [0, 0.05) is 21.1 Å². The van der Waals surface area contributed by atoms with E-state index in [0.29, 0.717) is 16.0 Å². The Morgan fingerprint density at radius 3 is 2.64 bits per heavy atom. The smallest absolute Gasteiger partial charge is 0.231 e. The van der Waals surface area contributed by atoms with Crippen molar-refractivity contribution in [2.75, 3.05) is 21.1 Å². The fraction of sp³-hybridized carbons (Fsp3) is 0.400. The molecule has 0 fully saturated rings. The predicted octanol–water partition coefficient (Wildman–Crippen LogP) is 3.02. The zero-order chi connectivity index (χ0) is 16.5. The molecule has 0 radical (unpaired) electrons. The molecule has 1 amide bonds. The van der Waals surface area contributed by atoms with Crippen LogP contribution in [0.15, 0.2) is 28.2 Å². The standard InChI is InChI=1S/C15H18Cl2N4O/c1-15(10-5-6-11(16)12(17)7-10)8-13(22)21(4)14(19-15)18-9-20(2)3/h5-7,9H,8H2,1-4H3/t15-/m1/s1. The highest BCUT2D eigenvalue weighted by molar-refractivity contribution is 6.42. The molecule has 2 rings (SSSR count). The van der Waals surface area contributed by atoms with Gasteiger partial charge in [0.25, 0.3) is 0 Å². The number of hydrogen-bond donors (Lipinski definition) is 0. The van der Waals surface area contributed by atoms with Gasteiger partial charge in [-0.2, -0.15) is 0 Å². The minimum absolute atomic E-state index is 0.0468. The van der Waals surface area contributed by atoms with Gasteiger partial charge in [-0.25, -0.2) is 9.98 Å². The highest BCUT2D eigenvalue weighted by atomic mass is 35.5. The van der Waals surface area contributed by atoms with E-state index in [4.69, 9.17) is 23.2 Å². The molecule has 0 spiro atoms. The third kappa shape index (κ3) is 3.42. The SMILES string of the molecule is CN(C)C=NC1=N[C@@](C)(c2ccc(Cl)c(Cl)c2)CC(=O)N1C. The van der Waals surface area contributed by atoms with Gasteiger partial charge >= 0.3 is 0 Å². The van der Waals surface area contributed by atoms with Gasteiger partial charge in [-0.1, -0.05) is 29.3 Å². The maximum absolute atomic E-state index is 12.3. The molecule has 0 N–H and O–H groups in total. The lowest BCUT2D eigenvalue weighted by Crippen LogP contribution is -2.43. The number of amides is 1. The Morgan fingerprint density at radius 1 is 1.36 bits per heavy atom. The molecule has 1 aliphatic heterocycles. The molecule has 1 atom stereocenters. The molecule has 118 valence electrons. The van der Waals surface area contributed by atoms with Gasteiger partial charge in [0.1, 0.15) is 0 Å². The summed E-state index contributed by atoms with van der Waals surface area (Å²) in [6.07, 6.45) is 1.87. The van der Waals surface area contributed by atoms with Gasteiger partial charge in [-0.05, 0) is 24.6 Å². The number of halogens is 2. The number of guanidine groups is 1. The second kappa shape index (κ2) is 6.26. The topological polar surface area (TPSA) is 48.3 Å². The summed E-state index contributed by atoms with van der Waals surface area (Å²) in [6.45, 7) is 1.89. The van der Waals surface area contributed by atoms with Crippen LogP contribution in [-0.2, 0) is 10.3 Å². The molecule has 1 aliphatic rings. The zero-order valence-electron chi connectivity index (χ0n) is 13.0. The molecule has 0 bridgehead atoms. The fourth-order valence-electron chi connectivity index (χ4n) is 2.14. The highest BCUT2D eigenvalue weighted by Gasteiger charge is 2.37. The van der Waals surface area contributed by atoms with E-state index in [1.807, 2.05) is 27.1 Å². The van der Waals surface area contributed by atoms with Gasteiger partial charge in [-0.3, -0.25) is 9.69 Å². The Kier molecular flexibility index (Phi) is 4.78. The number of carbonyl (C=O) groups is 1. The lowest BCUT2D eigenvalue weighted by atomic mass is 9.88. The zero-order valence-corrected chi connectivity index (χ0v) is 14.5. The minimum atomic E-state index is -0.711. The maximum Gasteiger partial charge on any atom is 0.231 e. The van der Waals surface area contributed by atoms with E-state index >= 15 is 0 Å². The Balaban J connectivity index is 2.47. The Hall–Kier alpha value is -1.59. The Bertz CT molecular complexity index is 657. The quantitative estimate of drug-likeness (QED) is 0.613. The first-order valence-corrected chi connectivity index (χ1v) is 7.51. The van der Waals surface area contributed by atoms with E-state index in [9.17, 15) is 4.79 Å². The average molecular weight is 341 g/mol. The first-order valence-electron chi connectivity index (χ1n) is 6.75. The summed E-state index contributed by atoms with van der Waals surface area (Å²) in [4.78, 5) is 24.5. The van der Waals surface area contributed by atoms with Crippen LogP contribution in [0.5, 0.6) is 0 Å². The van der Waals surface area contributed by atoms with Crippen LogP contribution in [-0.4, -0.2) is 49.1 Å². The van der Waals surface area contributed by atoms with E-state index in [0.717, 1.165) is 5.56 Å². The van der Waals surface area contributed by atoms with Gasteiger partial charge in [0.05, 0.1) is 28.3 Å². The second-order valence-corrected chi connectivity index (χ2v) is 6.47. The van der Waals surface area contributed by atoms with Crippen molar-refractivity contribution < 1.29 is 4.79 Å². The molecule has 22 heavy (non-hydrogen) atoms. The Morgan fingerprint density at radius 2 is 2.05 bits per heavy atom. The van der Waals surface area contributed by atoms with E-state index in [2.05, 4.69) is 9.98 Å². The lowest BCUT2D eigenvalue weighted by Gasteiger charge is -2.33. The molecule has 7 heteroatoms. The molecular formula is C15H18Cl2N4O. The number of benzene rings is 1. The maximum atomic E-state index is 12.3. The molecule has 0 aromatic heterocycles. The molecule has 5 nitrogen and oxygen atoms in total. The third-order valence-electron chi connectivity index (χ3n) is 3.46. The van der Waals surface area contributed by atoms with Crippen molar-refractivity contribution in [1.29, 1.82) is 0 Å². The minimum Gasteiger partial charge on any atom is -0.369 e. The van der Waals surface area contributed by atoms with Crippen LogP contribution < -0.4 is 0 Å². The van der Waals surface area contributed by atoms with E-state index in [-0.39, 0.29) is 12.3 Å². The van der Waals surface area contributed by atoms with Crippen molar-refractivity contribution in [3.05, 3.63) is 33.8 Å². The number of aliphatic imine (C=N–C) groups is 2. The summed E-state index contributed by atoms with van der Waals surface area (Å²) in [5.41, 5.74) is 0.123. The van der Waals surface area contributed by atoms with Crippen LogP contribution in [0.1, 0.15) is 18.9 Å². The van der Waals surface area contributed by atoms with Crippen molar-refractivity contribution in [3.8, 4) is 0 Å². The summed E-state index contributed by atoms with van der Waals surface area (Å²) in [5.74, 6) is 0.327. The van der Waals surface area contributed by atoms with E-state index < -0.39 is 5.54 Å². The monoisotopic (exact) mass is 340 g/mol. The fourth-order valence-corrected chi connectivity index (χ4v) is 2.44. The van der Waals surface area contributed by atoms with Crippen molar-refractivity contribution in [1.82, 2.24) is 9.80 Å². The van der Waals surface area contributed by atoms with E-state index in [1.54, 1.807) is 30.4 Å². The van der Waals surface area contributed by atoms with Gasteiger partial charge < -0.3 is 4.90 Å². The summed E-state index contributed by atoms with van der Waals surface area (Å²) in [7, 11) is 5.38. The lowest BCUT2D eigenvalue weighted by molar-refractivity contribution is -0.128. The summed E-state index contributed by atoms with van der Waals surface area (Å²) >= 11 is 12.0. The molecule has 0 saturated carbocycles. The second-order valence-electron chi connectivity index (χ2n) is 5.65. The van der Waals surface area contributed by atoms with Gasteiger partial charge in [0.2, 0.25) is 11.9 Å². The Labute approximate surface area is 140 Å². The van der Waals surface area contributed by atoms with Crippen LogP contribution in [0.4, 0.5) is 0 Å². The predicted molar refractivity (Wildman–Crippen MR) is 90.8 cm³/mol. The summed E-state index contributed by atoms with van der Waals surface area (Å²) < 4.78 is 0. The van der Waals surface area contributed by atoms with Crippen LogP contribution in [0.2, 0.25) is 10.0 Å². The molecule has 0 aliphatic carbocycles. The summed E-state index contributed by atoms with van der Waals surface area (Å²) in [5, 5.41) is 0.920. The van der Waals surface area contributed by atoms with Crippen molar-refractivity contribution in [2.24, 2.45) is 9.98 Å². The summed E-state index contributed by atoms with van der Waals surface area (Å²) in [6, 6.07) is 5.30. The number of nitrogens with zero attached hydrogens (tertiary/aromatic N) is 4. The van der Waals surface area contributed by atoms with Crippen molar-refractivity contribution in [3.63, 3.8) is 0 Å².